The highest BCUT2D eigenvalue weighted by molar-refractivity contribution is 8.12. The third-order valence-corrected chi connectivity index (χ3v) is 3.65. The van der Waals surface area contributed by atoms with Gasteiger partial charge in [-0.2, -0.15) is 0 Å². The maximum absolute atomic E-state index is 4.25. The Morgan fingerprint density at radius 3 is 3.20 bits per heavy atom. The molecule has 4 heteroatoms. The quantitative estimate of drug-likeness (QED) is 0.631. The van der Waals surface area contributed by atoms with Gasteiger partial charge in [-0.1, -0.05) is 0 Å². The Labute approximate surface area is 69.2 Å². The van der Waals surface area contributed by atoms with Gasteiger partial charge >= 0.3 is 0 Å². The highest BCUT2D eigenvalue weighted by Crippen LogP contribution is 2.24. The summed E-state index contributed by atoms with van der Waals surface area (Å²) in [5.41, 5.74) is 2.94. The van der Waals surface area contributed by atoms with E-state index in [1.807, 2.05) is 11.8 Å². The summed E-state index contributed by atoms with van der Waals surface area (Å²) in [6.07, 6.45) is 0. The fourth-order valence-electron chi connectivity index (χ4n) is 1.11. The van der Waals surface area contributed by atoms with Crippen molar-refractivity contribution in [2.24, 2.45) is 4.99 Å². The van der Waals surface area contributed by atoms with E-state index in [1.165, 1.54) is 5.75 Å². The normalized spacial score (nSPS) is 39.2. The zero-order valence-corrected chi connectivity index (χ0v) is 7.17. The van der Waals surface area contributed by atoms with Crippen LogP contribution < -0.4 is 5.32 Å². The van der Waals surface area contributed by atoms with Crippen molar-refractivity contribution in [3.8, 4) is 0 Å². The number of nitrogens with zero attached hydrogens (tertiary/aromatic N) is 1. The molecular formula is C6H9N2S2. The first-order valence-corrected chi connectivity index (χ1v) is 5.42. The molecule has 1 radical (unpaired) electrons. The van der Waals surface area contributed by atoms with Gasteiger partial charge in [-0.15, -0.1) is 23.5 Å². The highest BCUT2D eigenvalue weighted by Gasteiger charge is 2.26. The summed E-state index contributed by atoms with van der Waals surface area (Å²) in [7, 11) is 0. The van der Waals surface area contributed by atoms with E-state index in [0.717, 1.165) is 12.3 Å². The summed E-state index contributed by atoms with van der Waals surface area (Å²) in [4.78, 5) is 4.25. The Balaban J connectivity index is 1.91. The number of hydrogen-bond donors (Lipinski definition) is 1. The maximum atomic E-state index is 4.25. The maximum Gasteiger partial charge on any atom is 0.123 e. The lowest BCUT2D eigenvalue weighted by Gasteiger charge is -2.13. The summed E-state index contributed by atoms with van der Waals surface area (Å²) in [5.74, 6) is 2.35. The molecule has 0 aromatic rings. The zero-order valence-electron chi connectivity index (χ0n) is 5.54. The third kappa shape index (κ3) is 1.33. The van der Waals surface area contributed by atoms with Crippen LogP contribution in [0.25, 0.3) is 0 Å². The van der Waals surface area contributed by atoms with Crippen molar-refractivity contribution in [1.82, 2.24) is 5.32 Å². The van der Waals surface area contributed by atoms with Gasteiger partial charge in [0, 0.05) is 18.1 Å². The molecule has 0 aliphatic carbocycles. The summed E-state index contributed by atoms with van der Waals surface area (Å²) in [6, 6.07) is 0.484. The number of hydrogen-bond acceptors (Lipinski definition) is 4. The fraction of sp³-hybridized carbons (Fsp3) is 0.833. The van der Waals surface area contributed by atoms with Crippen LogP contribution in [-0.4, -0.2) is 35.0 Å². The van der Waals surface area contributed by atoms with Gasteiger partial charge in [0.1, 0.15) is 5.55 Å². The Morgan fingerprint density at radius 2 is 2.60 bits per heavy atom. The molecule has 55 valence electrons. The SMILES string of the molecule is [C]1=NC(C2NCCS2)CS1. The van der Waals surface area contributed by atoms with E-state index >= 15 is 0 Å². The molecule has 2 atom stereocenters. The Kier molecular flexibility index (Phi) is 2.21. The minimum absolute atomic E-state index is 0.484. The van der Waals surface area contributed by atoms with Crippen molar-refractivity contribution in [1.29, 1.82) is 0 Å². The molecule has 10 heavy (non-hydrogen) atoms. The second kappa shape index (κ2) is 3.15. The predicted octanol–water partition coefficient (Wildman–Crippen LogP) is 0.670. The average Bonchev–Trinajstić information content (AvgIpc) is 2.59. The molecular weight excluding hydrogens is 164 g/mol. The van der Waals surface area contributed by atoms with E-state index in [1.54, 1.807) is 11.8 Å². The minimum atomic E-state index is 0.484. The van der Waals surface area contributed by atoms with Crippen molar-refractivity contribution < 1.29 is 0 Å². The predicted molar refractivity (Wildman–Crippen MR) is 47.9 cm³/mol. The average molecular weight is 173 g/mol. The molecule has 0 spiro atoms. The molecule has 0 bridgehead atoms. The molecule has 1 fully saturated rings. The molecule has 2 nitrogen and oxygen atoms in total. The molecule has 2 rings (SSSR count). The Hall–Kier alpha value is 0.330. The molecule has 2 aliphatic heterocycles. The van der Waals surface area contributed by atoms with Crippen LogP contribution in [0.15, 0.2) is 4.99 Å². The van der Waals surface area contributed by atoms with Gasteiger partial charge in [0.15, 0.2) is 0 Å². The first-order valence-electron chi connectivity index (χ1n) is 3.38. The molecule has 1 N–H and O–H groups in total. The van der Waals surface area contributed by atoms with E-state index in [-0.39, 0.29) is 0 Å². The summed E-state index contributed by atoms with van der Waals surface area (Å²) in [5, 5.41) is 3.99. The first-order chi connectivity index (χ1) is 4.97. The van der Waals surface area contributed by atoms with Gasteiger partial charge in [-0.25, -0.2) is 0 Å². The van der Waals surface area contributed by atoms with E-state index < -0.39 is 0 Å². The van der Waals surface area contributed by atoms with Gasteiger partial charge in [0.2, 0.25) is 0 Å². The Morgan fingerprint density at radius 1 is 1.60 bits per heavy atom. The van der Waals surface area contributed by atoms with Crippen molar-refractivity contribution >= 4 is 29.1 Å². The van der Waals surface area contributed by atoms with Crippen LogP contribution in [0.4, 0.5) is 0 Å². The lowest BCUT2D eigenvalue weighted by molar-refractivity contribution is 0.624. The van der Waals surface area contributed by atoms with Gasteiger partial charge in [-0.05, 0) is 0 Å². The van der Waals surface area contributed by atoms with Crippen LogP contribution in [0.1, 0.15) is 0 Å². The Bertz CT molecular complexity index is 143. The zero-order chi connectivity index (χ0) is 6.81. The van der Waals surface area contributed by atoms with Crippen LogP contribution >= 0.6 is 23.5 Å². The number of rotatable bonds is 1. The smallest absolute Gasteiger partial charge is 0.123 e. The molecule has 2 unspecified atom stereocenters. The van der Waals surface area contributed by atoms with Crippen molar-refractivity contribution in [3.05, 3.63) is 0 Å². The summed E-state index contributed by atoms with van der Waals surface area (Å²) >= 11 is 3.68. The largest absolute Gasteiger partial charge is 0.303 e. The number of aliphatic imine (C=N–C) groups is 1. The first kappa shape index (κ1) is 7.00. The van der Waals surface area contributed by atoms with E-state index in [2.05, 4.69) is 15.9 Å². The second-order valence-corrected chi connectivity index (χ2v) is 4.40. The number of nitrogens with one attached hydrogen (secondary N) is 1. The van der Waals surface area contributed by atoms with Crippen LogP contribution in [0.3, 0.4) is 0 Å². The molecule has 0 amide bonds. The second-order valence-electron chi connectivity index (χ2n) is 2.34. The van der Waals surface area contributed by atoms with Crippen molar-refractivity contribution in [2.45, 2.75) is 11.4 Å². The minimum Gasteiger partial charge on any atom is -0.303 e. The summed E-state index contributed by atoms with van der Waals surface area (Å²) < 4.78 is 0. The molecule has 2 aliphatic rings. The highest BCUT2D eigenvalue weighted by atomic mass is 32.2. The molecule has 0 aromatic carbocycles. The van der Waals surface area contributed by atoms with Crippen LogP contribution in [-0.2, 0) is 0 Å². The monoisotopic (exact) mass is 173 g/mol. The summed E-state index contributed by atoms with van der Waals surface area (Å²) in [6.45, 7) is 1.14. The van der Waals surface area contributed by atoms with Crippen LogP contribution in [0.2, 0.25) is 0 Å². The topological polar surface area (TPSA) is 24.4 Å². The van der Waals surface area contributed by atoms with Gasteiger partial charge < -0.3 is 5.32 Å². The molecule has 0 aromatic heterocycles. The van der Waals surface area contributed by atoms with Crippen LogP contribution in [0, 0.1) is 0 Å². The van der Waals surface area contributed by atoms with Crippen molar-refractivity contribution in [2.75, 3.05) is 18.1 Å². The third-order valence-electron chi connectivity index (χ3n) is 1.63. The molecule has 1 saturated heterocycles. The van der Waals surface area contributed by atoms with E-state index in [9.17, 15) is 0 Å². The number of thioether (sulfide) groups is 2. The van der Waals surface area contributed by atoms with E-state index in [0.29, 0.717) is 11.4 Å². The van der Waals surface area contributed by atoms with Gasteiger partial charge in [0.25, 0.3) is 0 Å². The van der Waals surface area contributed by atoms with E-state index in [4.69, 9.17) is 0 Å². The van der Waals surface area contributed by atoms with Gasteiger partial charge in [-0.3, -0.25) is 4.99 Å². The van der Waals surface area contributed by atoms with Crippen molar-refractivity contribution in [3.63, 3.8) is 0 Å². The standard InChI is InChI=1S/C6H9N2S2/c1-2-10-6(7-1)5-3-9-4-8-5/h5-7H,1-3H2. The fourth-order valence-corrected chi connectivity index (χ4v) is 3.06. The van der Waals surface area contributed by atoms with Gasteiger partial charge in [0.05, 0.1) is 11.4 Å². The lowest BCUT2D eigenvalue weighted by Crippen LogP contribution is -2.31. The molecule has 2 heterocycles. The lowest BCUT2D eigenvalue weighted by atomic mass is 10.3. The molecule has 0 saturated carbocycles. The van der Waals surface area contributed by atoms with Crippen LogP contribution in [0.5, 0.6) is 0 Å².